The molecule has 130 valence electrons. The van der Waals surface area contributed by atoms with Crippen LogP contribution in [-0.2, 0) is 11.3 Å². The van der Waals surface area contributed by atoms with Crippen LogP contribution in [0.2, 0.25) is 5.02 Å². The highest BCUT2D eigenvalue weighted by Crippen LogP contribution is 2.29. The van der Waals surface area contributed by atoms with Gasteiger partial charge >= 0.3 is 0 Å². The maximum atomic E-state index is 12.2. The monoisotopic (exact) mass is 358 g/mol. The minimum atomic E-state index is -0.709. The van der Waals surface area contributed by atoms with Crippen LogP contribution in [0.25, 0.3) is 0 Å². The third-order valence-corrected chi connectivity index (χ3v) is 3.68. The lowest BCUT2D eigenvalue weighted by atomic mass is 10.2. The Morgan fingerprint density at radius 1 is 1.24 bits per heavy atom. The molecule has 25 heavy (non-hydrogen) atoms. The minimum absolute atomic E-state index is 0.248. The molecule has 0 saturated carbocycles. The molecule has 0 spiro atoms. The average molecular weight is 359 g/mol. The van der Waals surface area contributed by atoms with Crippen LogP contribution < -0.4 is 14.8 Å². The van der Waals surface area contributed by atoms with E-state index >= 15 is 0 Å². The van der Waals surface area contributed by atoms with Gasteiger partial charge in [-0.05, 0) is 43.7 Å². The second kappa shape index (κ2) is 8.95. The molecule has 0 fully saturated rings. The number of nitrogens with zero attached hydrogens (tertiary/aromatic N) is 1. The Labute approximate surface area is 152 Å². The topological polar surface area (TPSA) is 71.3 Å². The lowest BCUT2D eigenvalue weighted by molar-refractivity contribution is -0.127. The lowest BCUT2D eigenvalue weighted by Gasteiger charge is -2.17. The number of halogens is 1. The Kier molecular flexibility index (Phi) is 6.67. The molecule has 0 bridgehead atoms. The van der Waals surface area contributed by atoms with Gasteiger partial charge in [0.15, 0.2) is 17.6 Å². The van der Waals surface area contributed by atoms with Crippen molar-refractivity contribution in [1.82, 2.24) is 5.32 Å². The van der Waals surface area contributed by atoms with Crippen molar-refractivity contribution >= 4 is 17.5 Å². The zero-order valence-corrected chi connectivity index (χ0v) is 14.8. The van der Waals surface area contributed by atoms with Crippen molar-refractivity contribution < 1.29 is 14.3 Å². The van der Waals surface area contributed by atoms with Crippen LogP contribution in [0.15, 0.2) is 42.5 Å². The van der Waals surface area contributed by atoms with Gasteiger partial charge in [0, 0.05) is 17.6 Å². The number of hydrogen-bond donors (Lipinski definition) is 1. The minimum Gasteiger partial charge on any atom is -0.490 e. The second-order valence-corrected chi connectivity index (χ2v) is 5.75. The quantitative estimate of drug-likeness (QED) is 0.819. The first-order chi connectivity index (χ1) is 12.0. The normalized spacial score (nSPS) is 11.3. The van der Waals surface area contributed by atoms with E-state index in [1.165, 1.54) is 0 Å². The van der Waals surface area contributed by atoms with Crippen LogP contribution in [0.5, 0.6) is 11.5 Å². The zero-order valence-electron chi connectivity index (χ0n) is 14.1. The van der Waals surface area contributed by atoms with Gasteiger partial charge in [0.25, 0.3) is 5.91 Å². The number of hydrogen-bond acceptors (Lipinski definition) is 4. The summed E-state index contributed by atoms with van der Waals surface area (Å²) in [6.45, 7) is 4.31. The molecular weight excluding hydrogens is 340 g/mol. The molecule has 0 aromatic heterocycles. The van der Waals surface area contributed by atoms with Crippen molar-refractivity contribution in [3.8, 4) is 17.6 Å². The largest absolute Gasteiger partial charge is 0.490 e. The van der Waals surface area contributed by atoms with E-state index < -0.39 is 6.10 Å². The Bertz CT molecular complexity index is 769. The standard InChI is InChI=1S/C19H19ClN2O3/c1-3-24-18-10-15(11-21)6-9-17(18)25-13(2)19(23)22-12-14-4-7-16(20)8-5-14/h4-10,13H,3,12H2,1-2H3,(H,22,23)/t13-/m0/s1. The Morgan fingerprint density at radius 3 is 2.60 bits per heavy atom. The second-order valence-electron chi connectivity index (χ2n) is 5.31. The van der Waals surface area contributed by atoms with Crippen molar-refractivity contribution in [3.63, 3.8) is 0 Å². The van der Waals surface area contributed by atoms with Gasteiger partial charge in [-0.1, -0.05) is 23.7 Å². The van der Waals surface area contributed by atoms with E-state index in [4.69, 9.17) is 26.3 Å². The predicted octanol–water partition coefficient (Wildman–Crippen LogP) is 3.69. The van der Waals surface area contributed by atoms with Crippen molar-refractivity contribution in [2.75, 3.05) is 6.61 Å². The van der Waals surface area contributed by atoms with E-state index in [0.717, 1.165) is 5.56 Å². The first-order valence-electron chi connectivity index (χ1n) is 7.89. The molecular formula is C19H19ClN2O3. The van der Waals surface area contributed by atoms with Gasteiger partial charge in [0.05, 0.1) is 18.2 Å². The van der Waals surface area contributed by atoms with Crippen molar-refractivity contribution in [2.24, 2.45) is 0 Å². The summed E-state index contributed by atoms with van der Waals surface area (Å²) in [6, 6.07) is 14.1. The summed E-state index contributed by atoms with van der Waals surface area (Å²) < 4.78 is 11.2. The highest BCUT2D eigenvalue weighted by molar-refractivity contribution is 6.30. The fourth-order valence-corrected chi connectivity index (χ4v) is 2.25. The zero-order chi connectivity index (χ0) is 18.2. The predicted molar refractivity (Wildman–Crippen MR) is 95.7 cm³/mol. The Hall–Kier alpha value is -2.71. The number of nitrogens with one attached hydrogen (secondary N) is 1. The first kappa shape index (κ1) is 18.6. The number of carbonyl (C=O) groups excluding carboxylic acids is 1. The van der Waals surface area contributed by atoms with Crippen molar-refractivity contribution in [3.05, 3.63) is 58.6 Å². The molecule has 2 aromatic rings. The van der Waals surface area contributed by atoms with Crippen LogP contribution in [-0.4, -0.2) is 18.6 Å². The number of rotatable bonds is 7. The highest BCUT2D eigenvalue weighted by Gasteiger charge is 2.17. The smallest absolute Gasteiger partial charge is 0.261 e. The molecule has 1 atom stereocenters. The van der Waals surface area contributed by atoms with Gasteiger partial charge in [0.1, 0.15) is 0 Å². The highest BCUT2D eigenvalue weighted by atomic mass is 35.5. The molecule has 2 rings (SSSR count). The maximum absolute atomic E-state index is 12.2. The van der Waals surface area contributed by atoms with Gasteiger partial charge in [-0.2, -0.15) is 5.26 Å². The van der Waals surface area contributed by atoms with Gasteiger partial charge in [-0.15, -0.1) is 0 Å². The SMILES string of the molecule is CCOc1cc(C#N)ccc1O[C@@H](C)C(=O)NCc1ccc(Cl)cc1. The van der Waals surface area contributed by atoms with E-state index in [1.807, 2.05) is 25.1 Å². The summed E-state index contributed by atoms with van der Waals surface area (Å²) in [7, 11) is 0. The molecule has 2 aromatic carbocycles. The fraction of sp³-hybridized carbons (Fsp3) is 0.263. The van der Waals surface area contributed by atoms with Gasteiger partial charge < -0.3 is 14.8 Å². The molecule has 6 heteroatoms. The molecule has 0 aliphatic carbocycles. The molecule has 0 heterocycles. The molecule has 0 aliphatic heterocycles. The fourth-order valence-electron chi connectivity index (χ4n) is 2.12. The molecule has 0 radical (unpaired) electrons. The average Bonchev–Trinajstić information content (AvgIpc) is 2.62. The Morgan fingerprint density at radius 2 is 1.96 bits per heavy atom. The van der Waals surface area contributed by atoms with Gasteiger partial charge in [-0.25, -0.2) is 0 Å². The molecule has 0 unspecified atom stereocenters. The summed E-state index contributed by atoms with van der Waals surface area (Å²) in [4.78, 5) is 12.2. The van der Waals surface area contributed by atoms with Crippen molar-refractivity contribution in [2.45, 2.75) is 26.5 Å². The summed E-state index contributed by atoms with van der Waals surface area (Å²) in [5, 5.41) is 12.4. The molecule has 1 amide bonds. The molecule has 1 N–H and O–H groups in total. The summed E-state index contributed by atoms with van der Waals surface area (Å²) in [5.41, 5.74) is 1.41. The van der Waals surface area contributed by atoms with E-state index in [2.05, 4.69) is 5.32 Å². The van der Waals surface area contributed by atoms with Gasteiger partial charge in [0.2, 0.25) is 0 Å². The summed E-state index contributed by atoms with van der Waals surface area (Å²) >= 11 is 5.84. The summed E-state index contributed by atoms with van der Waals surface area (Å²) in [6.07, 6.45) is -0.709. The lowest BCUT2D eigenvalue weighted by Crippen LogP contribution is -2.36. The molecule has 5 nitrogen and oxygen atoms in total. The van der Waals surface area contributed by atoms with E-state index in [-0.39, 0.29) is 5.91 Å². The van der Waals surface area contributed by atoms with Crippen LogP contribution in [0, 0.1) is 11.3 Å². The van der Waals surface area contributed by atoms with Crippen LogP contribution in [0.4, 0.5) is 0 Å². The van der Waals surface area contributed by atoms with E-state index in [1.54, 1.807) is 37.3 Å². The number of amides is 1. The summed E-state index contributed by atoms with van der Waals surface area (Å²) in [5.74, 6) is 0.621. The van der Waals surface area contributed by atoms with Gasteiger partial charge in [-0.3, -0.25) is 4.79 Å². The molecule has 0 aliphatic rings. The van der Waals surface area contributed by atoms with E-state index in [9.17, 15) is 4.79 Å². The first-order valence-corrected chi connectivity index (χ1v) is 8.27. The van der Waals surface area contributed by atoms with Crippen LogP contribution in [0.3, 0.4) is 0 Å². The van der Waals surface area contributed by atoms with Crippen molar-refractivity contribution in [1.29, 1.82) is 5.26 Å². The number of carbonyl (C=O) groups is 1. The number of ether oxygens (including phenoxy) is 2. The van der Waals surface area contributed by atoms with Crippen LogP contribution in [0.1, 0.15) is 25.0 Å². The number of nitriles is 1. The van der Waals surface area contributed by atoms with E-state index in [0.29, 0.717) is 35.2 Å². The maximum Gasteiger partial charge on any atom is 0.261 e. The number of benzene rings is 2. The molecule has 0 saturated heterocycles. The van der Waals surface area contributed by atoms with Crippen LogP contribution >= 0.6 is 11.6 Å². The Balaban J connectivity index is 1.98. The third kappa shape index (κ3) is 5.40. The third-order valence-electron chi connectivity index (χ3n) is 3.43.